The van der Waals surface area contributed by atoms with Gasteiger partial charge in [-0.3, -0.25) is 10.1 Å². The standard InChI is InChI=1S/C16H16FN3O4S/c17-12-4-1-3-11(9-12)14-5-2-8-19(14)15-7-6-13(25(18,23)24)10-16(15)20(21)22/h1,3-4,6-7,9-10,14H,2,5,8H2,(H2,18,23,24). The van der Waals surface area contributed by atoms with Crippen LogP contribution in [0.2, 0.25) is 0 Å². The monoisotopic (exact) mass is 365 g/mol. The van der Waals surface area contributed by atoms with Gasteiger partial charge in [0.25, 0.3) is 5.69 Å². The van der Waals surface area contributed by atoms with Crippen LogP contribution in [0.25, 0.3) is 0 Å². The van der Waals surface area contributed by atoms with Crippen molar-refractivity contribution in [3.63, 3.8) is 0 Å². The van der Waals surface area contributed by atoms with Crippen LogP contribution in [0.5, 0.6) is 0 Å². The second-order valence-corrected chi connectivity index (χ2v) is 7.42. The van der Waals surface area contributed by atoms with Gasteiger partial charge in [-0.15, -0.1) is 0 Å². The van der Waals surface area contributed by atoms with E-state index < -0.39 is 14.9 Å². The third kappa shape index (κ3) is 3.47. The van der Waals surface area contributed by atoms with Crippen molar-refractivity contribution in [2.75, 3.05) is 11.4 Å². The zero-order valence-corrected chi connectivity index (χ0v) is 13.9. The van der Waals surface area contributed by atoms with Crippen LogP contribution >= 0.6 is 0 Å². The lowest BCUT2D eigenvalue weighted by Gasteiger charge is -2.27. The quantitative estimate of drug-likeness (QED) is 0.662. The molecule has 7 nitrogen and oxygen atoms in total. The normalized spacial score (nSPS) is 17.7. The molecule has 0 saturated carbocycles. The van der Waals surface area contributed by atoms with E-state index in [4.69, 9.17) is 5.14 Å². The number of anilines is 1. The highest BCUT2D eigenvalue weighted by Crippen LogP contribution is 2.41. The van der Waals surface area contributed by atoms with Crippen LogP contribution in [0.1, 0.15) is 24.4 Å². The lowest BCUT2D eigenvalue weighted by Crippen LogP contribution is -2.24. The van der Waals surface area contributed by atoms with Crippen molar-refractivity contribution >= 4 is 21.4 Å². The van der Waals surface area contributed by atoms with Crippen molar-refractivity contribution in [1.29, 1.82) is 0 Å². The summed E-state index contributed by atoms with van der Waals surface area (Å²) in [4.78, 5) is 12.3. The molecule has 9 heteroatoms. The van der Waals surface area contributed by atoms with Crippen molar-refractivity contribution in [3.05, 3.63) is 64.0 Å². The number of nitro benzene ring substituents is 1. The average Bonchev–Trinajstić information content (AvgIpc) is 3.02. The average molecular weight is 365 g/mol. The molecular formula is C16H16FN3O4S. The zero-order chi connectivity index (χ0) is 18.2. The molecule has 0 bridgehead atoms. The molecule has 2 aromatic carbocycles. The number of nitro groups is 1. The number of halogens is 1. The first-order chi connectivity index (χ1) is 11.8. The number of sulfonamides is 1. The van der Waals surface area contributed by atoms with Gasteiger partial charge in [0, 0.05) is 12.6 Å². The highest BCUT2D eigenvalue weighted by atomic mass is 32.2. The smallest absolute Gasteiger partial charge is 0.293 e. The van der Waals surface area contributed by atoms with Gasteiger partial charge in [-0.2, -0.15) is 0 Å². The zero-order valence-electron chi connectivity index (χ0n) is 13.1. The van der Waals surface area contributed by atoms with E-state index in [1.54, 1.807) is 17.0 Å². The van der Waals surface area contributed by atoms with Crippen molar-refractivity contribution in [3.8, 4) is 0 Å². The largest absolute Gasteiger partial charge is 0.359 e. The number of hydrogen-bond acceptors (Lipinski definition) is 5. The highest BCUT2D eigenvalue weighted by molar-refractivity contribution is 7.89. The summed E-state index contributed by atoms with van der Waals surface area (Å²) in [6.07, 6.45) is 1.51. The Morgan fingerprint density at radius 2 is 2.00 bits per heavy atom. The van der Waals surface area contributed by atoms with E-state index in [0.29, 0.717) is 12.2 Å². The van der Waals surface area contributed by atoms with Crippen LogP contribution in [0.15, 0.2) is 47.4 Å². The van der Waals surface area contributed by atoms with Gasteiger partial charge in [-0.25, -0.2) is 17.9 Å². The summed E-state index contributed by atoms with van der Waals surface area (Å²) in [7, 11) is -4.04. The predicted octanol–water partition coefficient (Wildman–Crippen LogP) is 2.72. The SMILES string of the molecule is NS(=O)(=O)c1ccc(N2CCCC2c2cccc(F)c2)c([N+](=O)[O-])c1. The Morgan fingerprint density at radius 3 is 2.64 bits per heavy atom. The summed E-state index contributed by atoms with van der Waals surface area (Å²) in [5, 5.41) is 16.5. The Labute approximate surface area is 144 Å². The molecule has 1 aliphatic heterocycles. The van der Waals surface area contributed by atoms with Crippen LogP contribution in [0, 0.1) is 15.9 Å². The fourth-order valence-electron chi connectivity index (χ4n) is 3.18. The molecule has 0 radical (unpaired) electrons. The first-order valence-electron chi connectivity index (χ1n) is 7.61. The molecule has 2 aromatic rings. The summed E-state index contributed by atoms with van der Waals surface area (Å²) < 4.78 is 36.5. The van der Waals surface area contributed by atoms with E-state index in [0.717, 1.165) is 24.5 Å². The Kier molecular flexibility index (Phi) is 4.44. The van der Waals surface area contributed by atoms with Crippen molar-refractivity contribution in [2.45, 2.75) is 23.8 Å². The first-order valence-corrected chi connectivity index (χ1v) is 9.15. The molecular weight excluding hydrogens is 349 g/mol. The summed E-state index contributed by atoms with van der Waals surface area (Å²) in [5.74, 6) is -0.372. The van der Waals surface area contributed by atoms with E-state index in [9.17, 15) is 22.9 Å². The van der Waals surface area contributed by atoms with Gasteiger partial charge in [0.1, 0.15) is 11.5 Å². The molecule has 1 fully saturated rings. The fourth-order valence-corrected chi connectivity index (χ4v) is 3.72. The number of nitrogens with two attached hydrogens (primary N) is 1. The van der Waals surface area contributed by atoms with Crippen LogP contribution in [-0.4, -0.2) is 19.9 Å². The van der Waals surface area contributed by atoms with Crippen molar-refractivity contribution < 1.29 is 17.7 Å². The molecule has 0 aromatic heterocycles. The molecule has 2 N–H and O–H groups in total. The molecule has 1 aliphatic rings. The number of nitrogens with zero attached hydrogens (tertiary/aromatic N) is 2. The number of primary sulfonamides is 1. The highest BCUT2D eigenvalue weighted by Gasteiger charge is 2.31. The topological polar surface area (TPSA) is 107 Å². The maximum absolute atomic E-state index is 13.5. The molecule has 0 aliphatic carbocycles. The minimum Gasteiger partial charge on any atom is -0.359 e. The Hall–Kier alpha value is -2.52. The molecule has 1 heterocycles. The Bertz CT molecular complexity index is 933. The third-order valence-electron chi connectivity index (χ3n) is 4.27. The molecule has 25 heavy (non-hydrogen) atoms. The van der Waals surface area contributed by atoms with Crippen LogP contribution in [0.4, 0.5) is 15.8 Å². The summed E-state index contributed by atoms with van der Waals surface area (Å²) in [6.45, 7) is 0.552. The fraction of sp³-hybridized carbons (Fsp3) is 0.250. The van der Waals surface area contributed by atoms with Crippen molar-refractivity contribution in [1.82, 2.24) is 0 Å². The van der Waals surface area contributed by atoms with Gasteiger partial charge in [-0.1, -0.05) is 12.1 Å². The van der Waals surface area contributed by atoms with Gasteiger partial charge < -0.3 is 4.90 Å². The maximum Gasteiger partial charge on any atom is 0.293 e. The number of rotatable bonds is 4. The van der Waals surface area contributed by atoms with Gasteiger partial charge in [0.15, 0.2) is 0 Å². The van der Waals surface area contributed by atoms with Crippen LogP contribution in [-0.2, 0) is 10.0 Å². The van der Waals surface area contributed by atoms with E-state index in [2.05, 4.69) is 0 Å². The summed E-state index contributed by atoms with van der Waals surface area (Å²) in [5.41, 5.74) is 0.682. The van der Waals surface area contributed by atoms with Crippen molar-refractivity contribution in [2.24, 2.45) is 5.14 Å². The number of hydrogen-bond donors (Lipinski definition) is 1. The minimum atomic E-state index is -4.04. The predicted molar refractivity (Wildman–Crippen MR) is 90.2 cm³/mol. The molecule has 132 valence electrons. The minimum absolute atomic E-state index is 0.213. The van der Waals surface area contributed by atoms with Gasteiger partial charge in [0.2, 0.25) is 10.0 Å². The second-order valence-electron chi connectivity index (χ2n) is 5.86. The van der Waals surface area contributed by atoms with Crippen LogP contribution < -0.4 is 10.0 Å². The molecule has 1 unspecified atom stereocenters. The maximum atomic E-state index is 13.5. The lowest BCUT2D eigenvalue weighted by atomic mass is 10.0. The molecule has 0 amide bonds. The van der Waals surface area contributed by atoms with Gasteiger partial charge in [-0.05, 0) is 42.7 Å². The van der Waals surface area contributed by atoms with Gasteiger partial charge >= 0.3 is 0 Å². The molecule has 3 rings (SSSR count). The van der Waals surface area contributed by atoms with E-state index in [1.165, 1.54) is 24.3 Å². The molecule has 0 spiro atoms. The third-order valence-corrected chi connectivity index (χ3v) is 5.18. The van der Waals surface area contributed by atoms with E-state index in [-0.39, 0.29) is 22.4 Å². The molecule has 1 atom stereocenters. The second kappa shape index (κ2) is 6.41. The number of benzene rings is 2. The van der Waals surface area contributed by atoms with Crippen LogP contribution in [0.3, 0.4) is 0 Å². The first kappa shape index (κ1) is 17.3. The Morgan fingerprint density at radius 1 is 1.24 bits per heavy atom. The lowest BCUT2D eigenvalue weighted by molar-refractivity contribution is -0.384. The summed E-state index contributed by atoms with van der Waals surface area (Å²) >= 11 is 0. The van der Waals surface area contributed by atoms with Gasteiger partial charge in [0.05, 0.1) is 15.9 Å². The van der Waals surface area contributed by atoms with E-state index in [1.807, 2.05) is 0 Å². The Balaban J connectivity index is 2.07. The molecule has 1 saturated heterocycles. The summed E-state index contributed by atoms with van der Waals surface area (Å²) in [6, 6.07) is 9.50. The van der Waals surface area contributed by atoms with E-state index >= 15 is 0 Å².